The van der Waals surface area contributed by atoms with Crippen LogP contribution in [0.1, 0.15) is 20.3 Å². The molecule has 8 heteroatoms. The second kappa shape index (κ2) is 9.56. The van der Waals surface area contributed by atoms with Crippen LogP contribution in [0.15, 0.2) is 53.5 Å². The highest BCUT2D eigenvalue weighted by Crippen LogP contribution is 2.30. The van der Waals surface area contributed by atoms with Gasteiger partial charge in [-0.25, -0.2) is 9.38 Å². The molecule has 29 heavy (non-hydrogen) atoms. The number of hydrogen-bond donors (Lipinski definition) is 1. The minimum absolute atomic E-state index is 0.0289. The third-order valence-corrected chi connectivity index (χ3v) is 5.44. The van der Waals surface area contributed by atoms with E-state index >= 15 is 0 Å². The quantitative estimate of drug-likeness (QED) is 0.767. The van der Waals surface area contributed by atoms with Gasteiger partial charge in [0.2, 0.25) is 11.8 Å². The van der Waals surface area contributed by atoms with Crippen molar-refractivity contribution in [1.29, 1.82) is 0 Å². The van der Waals surface area contributed by atoms with Crippen LogP contribution in [0.5, 0.6) is 5.75 Å². The number of benzene rings is 2. The van der Waals surface area contributed by atoms with Gasteiger partial charge in [-0.2, -0.15) is 0 Å². The minimum atomic E-state index is -0.689. The number of amides is 2. The van der Waals surface area contributed by atoms with Gasteiger partial charge < -0.3 is 10.1 Å². The van der Waals surface area contributed by atoms with Crippen LogP contribution in [0.3, 0.4) is 0 Å². The van der Waals surface area contributed by atoms with Gasteiger partial charge in [-0.05, 0) is 50.2 Å². The van der Waals surface area contributed by atoms with Crippen molar-refractivity contribution in [2.24, 2.45) is 4.99 Å². The van der Waals surface area contributed by atoms with Crippen molar-refractivity contribution < 1.29 is 18.7 Å². The highest BCUT2D eigenvalue weighted by atomic mass is 32.2. The van der Waals surface area contributed by atoms with Crippen molar-refractivity contribution >= 4 is 40.1 Å². The summed E-state index contributed by atoms with van der Waals surface area (Å²) < 4.78 is 19.3. The largest absolute Gasteiger partial charge is 0.494 e. The minimum Gasteiger partial charge on any atom is -0.494 e. The molecule has 2 aromatic rings. The van der Waals surface area contributed by atoms with Gasteiger partial charge in [0.25, 0.3) is 0 Å². The van der Waals surface area contributed by atoms with Crippen molar-refractivity contribution in [3.8, 4) is 5.75 Å². The molecule has 0 spiro atoms. The molecule has 1 unspecified atom stereocenters. The number of amidine groups is 1. The molecular weight excluding hydrogens is 393 g/mol. The number of nitrogens with one attached hydrogen (secondary N) is 1. The molecule has 1 fully saturated rings. The van der Waals surface area contributed by atoms with E-state index in [-0.39, 0.29) is 18.0 Å². The zero-order chi connectivity index (χ0) is 20.8. The molecule has 3 rings (SSSR count). The Hall–Kier alpha value is -2.87. The molecule has 1 aliphatic heterocycles. The first-order chi connectivity index (χ1) is 14.0. The van der Waals surface area contributed by atoms with Gasteiger partial charge in [-0.1, -0.05) is 23.9 Å². The Balaban J connectivity index is 1.79. The van der Waals surface area contributed by atoms with E-state index in [0.29, 0.717) is 24.0 Å². The lowest BCUT2D eigenvalue weighted by atomic mass is 10.2. The van der Waals surface area contributed by atoms with Gasteiger partial charge in [0, 0.05) is 13.0 Å². The fourth-order valence-electron chi connectivity index (χ4n) is 2.82. The maximum Gasteiger partial charge on any atom is 0.238 e. The molecule has 1 atom stereocenters. The van der Waals surface area contributed by atoms with Crippen LogP contribution in [-0.4, -0.2) is 40.3 Å². The molecule has 1 aliphatic rings. The van der Waals surface area contributed by atoms with E-state index in [1.165, 1.54) is 23.9 Å². The third-order valence-electron chi connectivity index (χ3n) is 4.25. The van der Waals surface area contributed by atoms with E-state index in [1.807, 2.05) is 13.8 Å². The van der Waals surface area contributed by atoms with E-state index in [9.17, 15) is 14.0 Å². The Labute approximate surface area is 173 Å². The maximum absolute atomic E-state index is 13.8. The summed E-state index contributed by atoms with van der Waals surface area (Å²) in [4.78, 5) is 31.3. The summed E-state index contributed by atoms with van der Waals surface area (Å²) >= 11 is 1.20. The van der Waals surface area contributed by atoms with Gasteiger partial charge in [-0.15, -0.1) is 0 Å². The van der Waals surface area contributed by atoms with E-state index in [0.717, 1.165) is 5.75 Å². The topological polar surface area (TPSA) is 71.0 Å². The Morgan fingerprint density at radius 2 is 1.97 bits per heavy atom. The second-order valence-electron chi connectivity index (χ2n) is 6.24. The van der Waals surface area contributed by atoms with Gasteiger partial charge >= 0.3 is 0 Å². The van der Waals surface area contributed by atoms with Crippen molar-refractivity contribution in [2.45, 2.75) is 25.5 Å². The summed E-state index contributed by atoms with van der Waals surface area (Å²) in [6.07, 6.45) is 0.0289. The smallest absolute Gasteiger partial charge is 0.238 e. The molecule has 2 aromatic carbocycles. The summed E-state index contributed by atoms with van der Waals surface area (Å²) in [6.45, 7) is 4.78. The monoisotopic (exact) mass is 415 g/mol. The molecule has 152 valence electrons. The number of rotatable bonds is 6. The molecule has 0 aliphatic carbocycles. The predicted octanol–water partition coefficient (Wildman–Crippen LogP) is 4.20. The standard InChI is InChI=1S/C21H22FN3O3S/c1-3-25-19(26)13-18(20(27)24-17-8-6-5-7-16(17)22)29-21(25)23-14-9-11-15(12-10-14)28-4-2/h5-12,18H,3-4,13H2,1-2H3,(H,24,27). The Bertz CT molecular complexity index is 918. The van der Waals surface area contributed by atoms with E-state index in [4.69, 9.17) is 4.74 Å². The van der Waals surface area contributed by atoms with Gasteiger partial charge in [0.15, 0.2) is 5.17 Å². The SMILES string of the molecule is CCOc1ccc(N=C2SC(C(=O)Nc3ccccc3F)CC(=O)N2CC)cc1. The highest BCUT2D eigenvalue weighted by Gasteiger charge is 2.35. The first-order valence-electron chi connectivity index (χ1n) is 9.35. The van der Waals surface area contributed by atoms with Crippen LogP contribution in [0.25, 0.3) is 0 Å². The summed E-state index contributed by atoms with van der Waals surface area (Å²) in [7, 11) is 0. The fourth-order valence-corrected chi connectivity index (χ4v) is 3.98. The first-order valence-corrected chi connectivity index (χ1v) is 10.2. The number of anilines is 1. The van der Waals surface area contributed by atoms with Crippen LogP contribution < -0.4 is 10.1 Å². The summed E-state index contributed by atoms with van der Waals surface area (Å²) in [5.41, 5.74) is 0.742. The summed E-state index contributed by atoms with van der Waals surface area (Å²) in [6, 6.07) is 13.1. The van der Waals surface area contributed by atoms with Crippen LogP contribution >= 0.6 is 11.8 Å². The average Bonchev–Trinajstić information content (AvgIpc) is 2.71. The van der Waals surface area contributed by atoms with Crippen molar-refractivity contribution in [3.05, 3.63) is 54.3 Å². The second-order valence-corrected chi connectivity index (χ2v) is 7.41. The number of nitrogens with zero attached hydrogens (tertiary/aromatic N) is 2. The highest BCUT2D eigenvalue weighted by molar-refractivity contribution is 8.15. The molecule has 2 amide bonds. The molecule has 0 aromatic heterocycles. The van der Waals surface area contributed by atoms with Crippen LogP contribution in [0.2, 0.25) is 0 Å². The zero-order valence-electron chi connectivity index (χ0n) is 16.2. The van der Waals surface area contributed by atoms with E-state index in [2.05, 4.69) is 10.3 Å². The number of thioether (sulfide) groups is 1. The average molecular weight is 415 g/mol. The molecule has 1 saturated heterocycles. The van der Waals surface area contributed by atoms with Crippen molar-refractivity contribution in [2.75, 3.05) is 18.5 Å². The molecule has 1 heterocycles. The van der Waals surface area contributed by atoms with Gasteiger partial charge in [0.05, 0.1) is 18.0 Å². The number of carbonyl (C=O) groups is 2. The van der Waals surface area contributed by atoms with Gasteiger partial charge in [-0.3, -0.25) is 14.5 Å². The number of halogens is 1. The predicted molar refractivity (Wildman–Crippen MR) is 113 cm³/mol. The van der Waals surface area contributed by atoms with Crippen LogP contribution in [0.4, 0.5) is 15.8 Å². The number of carbonyl (C=O) groups excluding carboxylic acids is 2. The Morgan fingerprint density at radius 3 is 2.62 bits per heavy atom. The number of aliphatic imine (C=N–C) groups is 1. The molecule has 0 saturated carbocycles. The van der Waals surface area contributed by atoms with Crippen molar-refractivity contribution in [3.63, 3.8) is 0 Å². The maximum atomic E-state index is 13.8. The van der Waals surface area contributed by atoms with Crippen LogP contribution in [-0.2, 0) is 9.59 Å². The lowest BCUT2D eigenvalue weighted by Gasteiger charge is -2.30. The number of para-hydroxylation sites is 1. The fraction of sp³-hybridized carbons (Fsp3) is 0.286. The molecular formula is C21H22FN3O3S. The summed E-state index contributed by atoms with van der Waals surface area (Å²) in [5, 5.41) is 2.32. The third kappa shape index (κ3) is 5.14. The van der Waals surface area contributed by atoms with E-state index in [1.54, 1.807) is 41.3 Å². The summed E-state index contributed by atoms with van der Waals surface area (Å²) in [5.74, 6) is -0.405. The lowest BCUT2D eigenvalue weighted by Crippen LogP contribution is -2.45. The molecule has 0 radical (unpaired) electrons. The zero-order valence-corrected chi connectivity index (χ0v) is 17.0. The van der Waals surface area contributed by atoms with Crippen molar-refractivity contribution in [1.82, 2.24) is 4.90 Å². The van der Waals surface area contributed by atoms with Gasteiger partial charge in [0.1, 0.15) is 16.8 Å². The molecule has 6 nitrogen and oxygen atoms in total. The number of ether oxygens (including phenoxy) is 1. The first kappa shape index (κ1) is 20.9. The Kier molecular flexibility index (Phi) is 6.87. The Morgan fingerprint density at radius 1 is 1.24 bits per heavy atom. The normalized spacial score (nSPS) is 18.0. The molecule has 0 bridgehead atoms. The van der Waals surface area contributed by atoms with Crippen LogP contribution in [0, 0.1) is 5.82 Å². The number of hydrogen-bond acceptors (Lipinski definition) is 5. The lowest BCUT2D eigenvalue weighted by molar-refractivity contribution is -0.129. The van der Waals surface area contributed by atoms with E-state index < -0.39 is 17.0 Å². The molecule has 1 N–H and O–H groups in total.